The van der Waals surface area contributed by atoms with Crippen LogP contribution in [0.25, 0.3) is 0 Å². The number of benzene rings is 2. The van der Waals surface area contributed by atoms with Crippen LogP contribution < -0.4 is 20.1 Å². The second-order valence-corrected chi connectivity index (χ2v) is 8.42. The van der Waals surface area contributed by atoms with E-state index in [1.165, 1.54) is 0 Å². The van der Waals surface area contributed by atoms with Gasteiger partial charge in [0.2, 0.25) is 10.0 Å². The molecule has 0 unspecified atom stereocenters. The Morgan fingerprint density at radius 2 is 1.79 bits per heavy atom. The van der Waals surface area contributed by atoms with E-state index in [2.05, 4.69) is 20.1 Å². The van der Waals surface area contributed by atoms with Gasteiger partial charge >= 0.3 is 12.6 Å². The summed E-state index contributed by atoms with van der Waals surface area (Å²) in [7, 11) is -3.93. The van der Waals surface area contributed by atoms with E-state index in [1.54, 1.807) is 24.3 Å². The van der Waals surface area contributed by atoms with Crippen molar-refractivity contribution in [1.82, 2.24) is 10.0 Å². The van der Waals surface area contributed by atoms with Crippen molar-refractivity contribution in [1.29, 1.82) is 0 Å². The molecule has 0 aliphatic rings. The average molecular weight is 448 g/mol. The molecule has 2 rings (SSSR count). The maximum Gasteiger partial charge on any atom is 0.387 e. The summed E-state index contributed by atoms with van der Waals surface area (Å²) in [6, 6.07) is 9.44. The maximum atomic E-state index is 12.4. The van der Waals surface area contributed by atoms with Crippen molar-refractivity contribution in [2.75, 3.05) is 5.32 Å². The van der Waals surface area contributed by atoms with Crippen molar-refractivity contribution in [3.63, 3.8) is 0 Å². The van der Waals surface area contributed by atoms with Crippen LogP contribution in [-0.4, -0.2) is 27.1 Å². The summed E-state index contributed by atoms with van der Waals surface area (Å²) in [4.78, 5) is 11.5. The van der Waals surface area contributed by atoms with Crippen LogP contribution in [0.3, 0.4) is 0 Å². The number of sulfonamides is 1. The minimum Gasteiger partial charge on any atom is -0.433 e. The number of halogens is 3. The summed E-state index contributed by atoms with van der Waals surface area (Å²) in [6.07, 6.45) is 0. The van der Waals surface area contributed by atoms with Crippen LogP contribution in [0.15, 0.2) is 47.4 Å². The van der Waals surface area contributed by atoms with Crippen LogP contribution in [0.5, 0.6) is 5.75 Å². The monoisotopic (exact) mass is 447 g/mol. The van der Waals surface area contributed by atoms with Gasteiger partial charge in [-0.3, -0.25) is 0 Å². The summed E-state index contributed by atoms with van der Waals surface area (Å²) in [5.74, 6) is -0.315. The second kappa shape index (κ2) is 9.86. The van der Waals surface area contributed by atoms with Crippen molar-refractivity contribution >= 4 is 33.3 Å². The molecular formula is C18H20ClF2N3O4S. The molecule has 2 aromatic rings. The molecule has 29 heavy (non-hydrogen) atoms. The molecule has 0 aliphatic heterocycles. The number of amides is 2. The fourth-order valence-corrected chi connectivity index (χ4v) is 3.57. The molecule has 0 aliphatic carbocycles. The van der Waals surface area contributed by atoms with Crippen LogP contribution >= 0.6 is 11.6 Å². The van der Waals surface area contributed by atoms with Crippen LogP contribution in [0, 0.1) is 0 Å². The number of alkyl halides is 2. The third kappa shape index (κ3) is 7.15. The fraction of sp³-hybridized carbons (Fsp3) is 0.278. The Labute approximate surface area is 172 Å². The lowest BCUT2D eigenvalue weighted by Crippen LogP contribution is -2.34. The van der Waals surface area contributed by atoms with E-state index in [0.29, 0.717) is 11.3 Å². The topological polar surface area (TPSA) is 96.5 Å². The van der Waals surface area contributed by atoms with Crippen molar-refractivity contribution in [3.05, 3.63) is 53.1 Å². The maximum absolute atomic E-state index is 12.4. The van der Waals surface area contributed by atoms with Gasteiger partial charge in [0.1, 0.15) is 5.75 Å². The molecule has 0 bridgehead atoms. The summed E-state index contributed by atoms with van der Waals surface area (Å²) in [5.41, 5.74) is 1.20. The predicted octanol–water partition coefficient (Wildman–Crippen LogP) is 3.95. The minimum absolute atomic E-state index is 0.00631. The highest BCUT2D eigenvalue weighted by Crippen LogP contribution is 2.28. The Hall–Kier alpha value is -2.43. The van der Waals surface area contributed by atoms with Gasteiger partial charge < -0.3 is 15.4 Å². The number of hydrogen-bond donors (Lipinski definition) is 3. The van der Waals surface area contributed by atoms with Crippen LogP contribution in [0.4, 0.5) is 19.3 Å². The van der Waals surface area contributed by atoms with Crippen molar-refractivity contribution < 1.29 is 26.7 Å². The largest absolute Gasteiger partial charge is 0.433 e. The molecular weight excluding hydrogens is 428 g/mol. The van der Waals surface area contributed by atoms with Crippen LogP contribution in [0.2, 0.25) is 5.02 Å². The number of hydrogen-bond acceptors (Lipinski definition) is 4. The molecule has 158 valence electrons. The number of anilines is 1. The molecule has 0 spiro atoms. The van der Waals surface area contributed by atoms with Crippen molar-refractivity contribution in [2.45, 2.75) is 37.9 Å². The molecule has 0 heterocycles. The lowest BCUT2D eigenvalue weighted by molar-refractivity contribution is -0.0498. The molecule has 0 saturated heterocycles. The normalized spacial score (nSPS) is 11.6. The zero-order valence-corrected chi connectivity index (χ0v) is 17.2. The SMILES string of the molecule is CC(C)NC(=O)Nc1ccc(CNS(=O)(=O)c2ccc(OC(F)F)c(Cl)c2)cc1. The van der Waals surface area contributed by atoms with Gasteiger partial charge in [-0.1, -0.05) is 23.7 Å². The Morgan fingerprint density at radius 3 is 2.34 bits per heavy atom. The number of rotatable bonds is 8. The Bertz CT molecular complexity index is 954. The lowest BCUT2D eigenvalue weighted by Gasteiger charge is -2.11. The molecule has 0 saturated carbocycles. The van der Waals surface area contributed by atoms with Crippen molar-refractivity contribution in [2.24, 2.45) is 0 Å². The number of nitrogens with one attached hydrogen (secondary N) is 3. The summed E-state index contributed by atoms with van der Waals surface area (Å²) in [6.45, 7) is 0.582. The first-order valence-corrected chi connectivity index (χ1v) is 10.3. The van der Waals surface area contributed by atoms with E-state index in [0.717, 1.165) is 18.2 Å². The van der Waals surface area contributed by atoms with E-state index >= 15 is 0 Å². The summed E-state index contributed by atoms with van der Waals surface area (Å²) < 4.78 is 55.9. The van der Waals surface area contributed by atoms with E-state index < -0.39 is 16.6 Å². The Balaban J connectivity index is 1.99. The van der Waals surface area contributed by atoms with E-state index in [4.69, 9.17) is 11.6 Å². The predicted molar refractivity (Wildman–Crippen MR) is 106 cm³/mol. The zero-order valence-electron chi connectivity index (χ0n) is 15.6. The number of carbonyl (C=O) groups is 1. The van der Waals surface area contributed by atoms with Gasteiger partial charge in [0.25, 0.3) is 0 Å². The second-order valence-electron chi connectivity index (χ2n) is 6.25. The Morgan fingerprint density at radius 1 is 1.14 bits per heavy atom. The highest BCUT2D eigenvalue weighted by molar-refractivity contribution is 7.89. The standard InChI is InChI=1S/C18H20ClF2N3O4S/c1-11(2)23-18(25)24-13-5-3-12(4-6-13)10-22-29(26,27)14-7-8-16(15(19)9-14)28-17(20)21/h3-9,11,17,22H,10H2,1-2H3,(H2,23,24,25). The average Bonchev–Trinajstić information content (AvgIpc) is 2.61. The van der Waals surface area contributed by atoms with Gasteiger partial charge in [-0.15, -0.1) is 0 Å². The molecule has 0 atom stereocenters. The molecule has 11 heteroatoms. The highest BCUT2D eigenvalue weighted by Gasteiger charge is 2.17. The quantitative estimate of drug-likeness (QED) is 0.570. The molecule has 0 aromatic heterocycles. The molecule has 0 fully saturated rings. The smallest absolute Gasteiger partial charge is 0.387 e. The summed E-state index contributed by atoms with van der Waals surface area (Å²) in [5, 5.41) is 5.09. The molecule has 0 radical (unpaired) electrons. The highest BCUT2D eigenvalue weighted by atomic mass is 35.5. The number of carbonyl (C=O) groups excluding carboxylic acids is 1. The van der Waals surface area contributed by atoms with Gasteiger partial charge in [0.15, 0.2) is 0 Å². The van der Waals surface area contributed by atoms with Crippen molar-refractivity contribution in [3.8, 4) is 5.75 Å². The van der Waals surface area contributed by atoms with Gasteiger partial charge in [-0.2, -0.15) is 8.78 Å². The van der Waals surface area contributed by atoms with Crippen LogP contribution in [0.1, 0.15) is 19.4 Å². The van der Waals surface area contributed by atoms with Gasteiger partial charge in [-0.05, 0) is 49.7 Å². The minimum atomic E-state index is -3.93. The first kappa shape index (κ1) is 22.9. The van der Waals surface area contributed by atoms with Gasteiger partial charge in [0, 0.05) is 18.3 Å². The van der Waals surface area contributed by atoms with E-state index in [-0.39, 0.29) is 34.3 Å². The zero-order chi connectivity index (χ0) is 21.6. The molecule has 3 N–H and O–H groups in total. The molecule has 7 nitrogen and oxygen atoms in total. The Kier molecular flexibility index (Phi) is 7.77. The summed E-state index contributed by atoms with van der Waals surface area (Å²) >= 11 is 5.80. The van der Waals surface area contributed by atoms with E-state index in [1.807, 2.05) is 13.8 Å². The van der Waals surface area contributed by atoms with E-state index in [9.17, 15) is 22.0 Å². The first-order valence-electron chi connectivity index (χ1n) is 8.47. The molecule has 2 aromatic carbocycles. The van der Waals surface area contributed by atoms with Gasteiger partial charge in [-0.25, -0.2) is 17.9 Å². The third-order valence-corrected chi connectivity index (χ3v) is 5.22. The number of urea groups is 1. The third-order valence-electron chi connectivity index (χ3n) is 3.53. The lowest BCUT2D eigenvalue weighted by atomic mass is 10.2. The fourth-order valence-electron chi connectivity index (χ4n) is 2.24. The number of ether oxygens (including phenoxy) is 1. The molecule has 2 amide bonds. The first-order chi connectivity index (χ1) is 13.6. The van der Waals surface area contributed by atoms with Crippen LogP contribution in [-0.2, 0) is 16.6 Å². The van der Waals surface area contributed by atoms with Gasteiger partial charge in [0.05, 0.1) is 9.92 Å².